The molecule has 0 radical (unpaired) electrons. The molecule has 0 spiro atoms. The minimum Gasteiger partial charge on any atom is -0.342 e. The molecule has 1 N–H and O–H groups in total. The molecule has 0 unspecified atom stereocenters. The van der Waals surface area contributed by atoms with Crippen LogP contribution >= 0.6 is 23.4 Å². The number of aromatic amines is 1. The molecule has 0 saturated carbocycles. The largest absolute Gasteiger partial charge is 0.342 e. The number of carbonyl (C=O) groups is 1. The highest BCUT2D eigenvalue weighted by molar-refractivity contribution is 7.98. The summed E-state index contributed by atoms with van der Waals surface area (Å²) in [5, 5.41) is 1.24. The van der Waals surface area contributed by atoms with Crippen molar-refractivity contribution >= 4 is 29.3 Å². The zero-order chi connectivity index (χ0) is 17.8. The van der Waals surface area contributed by atoms with Gasteiger partial charge in [-0.15, -0.1) is 0 Å². The number of aryl methyl sites for hydroxylation is 1. The van der Waals surface area contributed by atoms with Crippen LogP contribution in [0.1, 0.15) is 29.7 Å². The fourth-order valence-corrected chi connectivity index (χ4v) is 3.93. The molecule has 1 aliphatic rings. The molecular weight excluding hydrogens is 358 g/mol. The third-order valence-electron chi connectivity index (χ3n) is 4.25. The zero-order valence-electron chi connectivity index (χ0n) is 14.0. The van der Waals surface area contributed by atoms with E-state index < -0.39 is 0 Å². The Morgan fingerprint density at radius 3 is 2.80 bits per heavy atom. The quantitative estimate of drug-likeness (QED) is 0.642. The number of likely N-dealkylation sites (tertiary alicyclic amines) is 1. The Bertz CT molecular complexity index is 831. The van der Waals surface area contributed by atoms with Crippen molar-refractivity contribution < 1.29 is 4.79 Å². The van der Waals surface area contributed by atoms with Gasteiger partial charge in [0.1, 0.15) is 0 Å². The van der Waals surface area contributed by atoms with Gasteiger partial charge in [0.2, 0.25) is 5.91 Å². The van der Waals surface area contributed by atoms with Crippen LogP contribution < -0.4 is 5.56 Å². The van der Waals surface area contributed by atoms with E-state index >= 15 is 0 Å². The number of hydrogen-bond acceptors (Lipinski definition) is 4. The average molecular weight is 378 g/mol. The topological polar surface area (TPSA) is 66.1 Å². The molecule has 132 valence electrons. The summed E-state index contributed by atoms with van der Waals surface area (Å²) in [5.74, 6) is 0.668. The van der Waals surface area contributed by atoms with Crippen LogP contribution in [-0.4, -0.2) is 33.9 Å². The predicted octanol–water partition coefficient (Wildman–Crippen LogP) is 3.19. The Morgan fingerprint density at radius 2 is 2.12 bits per heavy atom. The van der Waals surface area contributed by atoms with Gasteiger partial charge in [-0.2, -0.15) is 0 Å². The van der Waals surface area contributed by atoms with E-state index in [-0.39, 0.29) is 17.9 Å². The van der Waals surface area contributed by atoms with Crippen LogP contribution in [0.4, 0.5) is 0 Å². The number of aromatic nitrogens is 2. The van der Waals surface area contributed by atoms with Gasteiger partial charge in [-0.05, 0) is 37.5 Å². The van der Waals surface area contributed by atoms with E-state index in [4.69, 9.17) is 11.6 Å². The molecule has 3 rings (SSSR count). The summed E-state index contributed by atoms with van der Waals surface area (Å²) in [6.45, 7) is 3.36. The van der Waals surface area contributed by atoms with Crippen molar-refractivity contribution in [2.45, 2.75) is 37.1 Å². The third-order valence-corrected chi connectivity index (χ3v) is 5.43. The molecule has 0 aliphatic carbocycles. The fourth-order valence-electron chi connectivity index (χ4n) is 2.87. The van der Waals surface area contributed by atoms with Crippen molar-refractivity contribution in [3.8, 4) is 0 Å². The van der Waals surface area contributed by atoms with Gasteiger partial charge in [0.15, 0.2) is 5.16 Å². The number of benzene rings is 1. The molecule has 7 heteroatoms. The molecule has 0 bridgehead atoms. The molecule has 25 heavy (non-hydrogen) atoms. The molecule has 1 fully saturated rings. The molecular formula is C18H20ClN3O2S. The highest BCUT2D eigenvalue weighted by atomic mass is 35.5. The minimum absolute atomic E-state index is 0.00669. The summed E-state index contributed by atoms with van der Waals surface area (Å²) in [6.07, 6.45) is 2.20. The van der Waals surface area contributed by atoms with Gasteiger partial charge in [0.05, 0.1) is 6.42 Å². The summed E-state index contributed by atoms with van der Waals surface area (Å²) in [7, 11) is 0. The van der Waals surface area contributed by atoms with Gasteiger partial charge >= 0.3 is 0 Å². The van der Waals surface area contributed by atoms with Crippen LogP contribution in [-0.2, 0) is 17.0 Å². The molecule has 0 atom stereocenters. The average Bonchev–Trinajstić information content (AvgIpc) is 3.11. The maximum Gasteiger partial charge on any atom is 0.255 e. The third kappa shape index (κ3) is 4.64. The van der Waals surface area contributed by atoms with E-state index in [0.29, 0.717) is 27.2 Å². The first-order valence-electron chi connectivity index (χ1n) is 8.28. The number of nitrogens with zero attached hydrogens (tertiary/aromatic N) is 2. The lowest BCUT2D eigenvalue weighted by atomic mass is 10.1. The SMILES string of the molecule is Cc1nc(SCc2cccc(Cl)c2)[nH]c(=O)c1CC(=O)N1CCCC1. The van der Waals surface area contributed by atoms with E-state index in [9.17, 15) is 9.59 Å². The number of amides is 1. The summed E-state index contributed by atoms with van der Waals surface area (Å²) < 4.78 is 0. The number of carbonyl (C=O) groups excluding carboxylic acids is 1. The Labute approximate surface area is 155 Å². The van der Waals surface area contributed by atoms with Gasteiger partial charge in [-0.3, -0.25) is 9.59 Å². The molecule has 2 aromatic rings. The van der Waals surface area contributed by atoms with Gasteiger partial charge in [0, 0.05) is 35.1 Å². The van der Waals surface area contributed by atoms with Gasteiger partial charge < -0.3 is 9.88 Å². The van der Waals surface area contributed by atoms with Gasteiger partial charge in [-0.25, -0.2) is 4.98 Å². The standard InChI is InChI=1S/C18H20ClN3O2S/c1-12-15(10-16(23)22-7-2-3-8-22)17(24)21-18(20-12)25-11-13-5-4-6-14(19)9-13/h4-6,9H,2-3,7-8,10-11H2,1H3,(H,20,21,24). The van der Waals surface area contributed by atoms with Crippen LogP contribution in [0.5, 0.6) is 0 Å². The number of hydrogen-bond donors (Lipinski definition) is 1. The fraction of sp³-hybridized carbons (Fsp3) is 0.389. The second kappa shape index (κ2) is 8.06. The number of H-pyrrole nitrogens is 1. The first kappa shape index (κ1) is 18.0. The van der Waals surface area contributed by atoms with E-state index in [1.54, 1.807) is 6.92 Å². The van der Waals surface area contributed by atoms with Gasteiger partial charge in [-0.1, -0.05) is 35.5 Å². The van der Waals surface area contributed by atoms with Crippen LogP contribution in [0.15, 0.2) is 34.2 Å². The monoisotopic (exact) mass is 377 g/mol. The summed E-state index contributed by atoms with van der Waals surface area (Å²) in [5.41, 5.74) is 1.91. The van der Waals surface area contributed by atoms with Crippen molar-refractivity contribution in [3.63, 3.8) is 0 Å². The van der Waals surface area contributed by atoms with Crippen molar-refractivity contribution in [1.82, 2.24) is 14.9 Å². The zero-order valence-corrected chi connectivity index (χ0v) is 15.6. The smallest absolute Gasteiger partial charge is 0.255 e. The number of rotatable bonds is 5. The van der Waals surface area contributed by atoms with E-state index in [2.05, 4.69) is 9.97 Å². The van der Waals surface area contributed by atoms with E-state index in [1.165, 1.54) is 11.8 Å². The Balaban J connectivity index is 1.69. The van der Waals surface area contributed by atoms with Crippen LogP contribution in [0.3, 0.4) is 0 Å². The van der Waals surface area contributed by atoms with E-state index in [0.717, 1.165) is 31.5 Å². The van der Waals surface area contributed by atoms with Crippen molar-refractivity contribution in [2.75, 3.05) is 13.1 Å². The van der Waals surface area contributed by atoms with Crippen LogP contribution in [0.25, 0.3) is 0 Å². The summed E-state index contributed by atoms with van der Waals surface area (Å²) >= 11 is 7.42. The maximum absolute atomic E-state index is 12.4. The van der Waals surface area contributed by atoms with Gasteiger partial charge in [0.25, 0.3) is 5.56 Å². The Hall–Kier alpha value is -1.79. The lowest BCUT2D eigenvalue weighted by molar-refractivity contribution is -0.129. The molecule has 1 aromatic heterocycles. The number of halogens is 1. The molecule has 1 aliphatic heterocycles. The molecule has 1 amide bonds. The van der Waals surface area contributed by atoms with Crippen LogP contribution in [0, 0.1) is 6.92 Å². The Morgan fingerprint density at radius 1 is 1.36 bits per heavy atom. The lowest BCUT2D eigenvalue weighted by Crippen LogP contribution is -2.31. The highest BCUT2D eigenvalue weighted by Crippen LogP contribution is 2.21. The normalized spacial score (nSPS) is 14.1. The predicted molar refractivity (Wildman–Crippen MR) is 100 cm³/mol. The maximum atomic E-state index is 12.4. The second-order valence-corrected chi connectivity index (χ2v) is 7.52. The second-order valence-electron chi connectivity index (χ2n) is 6.12. The Kier molecular flexibility index (Phi) is 5.81. The molecule has 1 aromatic carbocycles. The highest BCUT2D eigenvalue weighted by Gasteiger charge is 2.20. The van der Waals surface area contributed by atoms with Crippen LogP contribution in [0.2, 0.25) is 5.02 Å². The molecule has 1 saturated heterocycles. The lowest BCUT2D eigenvalue weighted by Gasteiger charge is -2.15. The van der Waals surface area contributed by atoms with Crippen molar-refractivity contribution in [2.24, 2.45) is 0 Å². The molecule has 2 heterocycles. The molecule has 5 nitrogen and oxygen atoms in total. The summed E-state index contributed by atoms with van der Waals surface area (Å²) in [6, 6.07) is 7.59. The van der Waals surface area contributed by atoms with Crippen molar-refractivity contribution in [3.05, 3.63) is 56.5 Å². The van der Waals surface area contributed by atoms with Crippen molar-refractivity contribution in [1.29, 1.82) is 0 Å². The first-order chi connectivity index (χ1) is 12.0. The van der Waals surface area contributed by atoms with E-state index in [1.807, 2.05) is 29.2 Å². The minimum atomic E-state index is -0.228. The number of nitrogens with one attached hydrogen (secondary N) is 1. The first-order valence-corrected chi connectivity index (χ1v) is 9.64. The number of thioether (sulfide) groups is 1. The summed E-state index contributed by atoms with van der Waals surface area (Å²) in [4.78, 5) is 33.7.